The number of carbonyl (C=O) groups is 2. The first-order valence-corrected chi connectivity index (χ1v) is 5.31. The molecule has 1 aromatic rings. The van der Waals surface area contributed by atoms with Crippen molar-refractivity contribution in [3.05, 3.63) is 36.3 Å². The lowest BCUT2D eigenvalue weighted by Crippen LogP contribution is -2.25. The number of hydrogen-bond acceptors (Lipinski definition) is 4. The van der Waals surface area contributed by atoms with Gasteiger partial charge in [0.1, 0.15) is 0 Å². The SMILES string of the molecule is C=C(CCNC(=O)c1ccco1)C(=O)OCC. The van der Waals surface area contributed by atoms with Gasteiger partial charge in [-0.25, -0.2) is 4.79 Å². The zero-order chi connectivity index (χ0) is 12.7. The molecule has 0 atom stereocenters. The fourth-order valence-corrected chi connectivity index (χ4v) is 1.16. The average molecular weight is 237 g/mol. The number of ether oxygens (including phenoxy) is 1. The first kappa shape index (κ1) is 13.0. The van der Waals surface area contributed by atoms with E-state index in [0.29, 0.717) is 25.1 Å². The molecule has 0 saturated carbocycles. The van der Waals surface area contributed by atoms with Gasteiger partial charge in [-0.2, -0.15) is 0 Å². The van der Waals surface area contributed by atoms with Crippen molar-refractivity contribution in [2.45, 2.75) is 13.3 Å². The third-order valence-electron chi connectivity index (χ3n) is 2.02. The van der Waals surface area contributed by atoms with Crippen molar-refractivity contribution < 1.29 is 18.7 Å². The summed E-state index contributed by atoms with van der Waals surface area (Å²) in [5.74, 6) is -0.502. The molecule has 1 amide bonds. The van der Waals surface area contributed by atoms with Crippen molar-refractivity contribution in [3.8, 4) is 0 Å². The van der Waals surface area contributed by atoms with Crippen LogP contribution in [0.15, 0.2) is 35.0 Å². The highest BCUT2D eigenvalue weighted by Crippen LogP contribution is 2.02. The lowest BCUT2D eigenvalue weighted by Gasteiger charge is -2.05. The molecule has 1 N–H and O–H groups in total. The Balaban J connectivity index is 2.26. The van der Waals surface area contributed by atoms with E-state index >= 15 is 0 Å². The standard InChI is InChI=1S/C12H15NO4/c1-3-16-12(15)9(2)6-7-13-11(14)10-5-4-8-17-10/h4-5,8H,2-3,6-7H2,1H3,(H,13,14). The molecular formula is C12H15NO4. The predicted octanol–water partition coefficient (Wildman–Crippen LogP) is 1.52. The summed E-state index contributed by atoms with van der Waals surface area (Å²) in [7, 11) is 0. The van der Waals surface area contributed by atoms with Crippen LogP contribution in [0, 0.1) is 0 Å². The molecule has 0 aliphatic rings. The van der Waals surface area contributed by atoms with Crippen molar-refractivity contribution in [2.24, 2.45) is 0 Å². The minimum Gasteiger partial charge on any atom is -0.463 e. The van der Waals surface area contributed by atoms with Crippen molar-refractivity contribution in [3.63, 3.8) is 0 Å². The monoisotopic (exact) mass is 237 g/mol. The number of furan rings is 1. The molecule has 0 aliphatic heterocycles. The zero-order valence-electron chi connectivity index (χ0n) is 9.69. The van der Waals surface area contributed by atoms with Gasteiger partial charge in [0.2, 0.25) is 0 Å². The van der Waals surface area contributed by atoms with E-state index in [-0.39, 0.29) is 11.7 Å². The van der Waals surface area contributed by atoms with Crippen LogP contribution >= 0.6 is 0 Å². The first-order valence-electron chi connectivity index (χ1n) is 5.31. The van der Waals surface area contributed by atoms with E-state index in [9.17, 15) is 9.59 Å². The lowest BCUT2D eigenvalue weighted by molar-refractivity contribution is -0.138. The zero-order valence-corrected chi connectivity index (χ0v) is 9.69. The number of amides is 1. The Morgan fingerprint density at radius 3 is 2.88 bits per heavy atom. The minimum atomic E-state index is -0.431. The minimum absolute atomic E-state index is 0.242. The van der Waals surface area contributed by atoms with Gasteiger partial charge < -0.3 is 14.5 Å². The fourth-order valence-electron chi connectivity index (χ4n) is 1.16. The molecule has 0 spiro atoms. The number of esters is 1. The summed E-state index contributed by atoms with van der Waals surface area (Å²) in [5.41, 5.74) is 0.339. The molecule has 92 valence electrons. The average Bonchev–Trinajstić information content (AvgIpc) is 2.82. The number of nitrogens with one attached hydrogen (secondary N) is 1. The molecule has 1 heterocycles. The third kappa shape index (κ3) is 4.14. The van der Waals surface area contributed by atoms with Crippen molar-refractivity contribution in [2.75, 3.05) is 13.2 Å². The summed E-state index contributed by atoms with van der Waals surface area (Å²) in [6, 6.07) is 3.20. The summed E-state index contributed by atoms with van der Waals surface area (Å²) >= 11 is 0. The van der Waals surface area contributed by atoms with Crippen LogP contribution in [0.4, 0.5) is 0 Å². The quantitative estimate of drug-likeness (QED) is 0.601. The smallest absolute Gasteiger partial charge is 0.333 e. The van der Waals surface area contributed by atoms with E-state index in [1.165, 1.54) is 6.26 Å². The van der Waals surface area contributed by atoms with Gasteiger partial charge in [0.15, 0.2) is 5.76 Å². The second-order valence-corrected chi connectivity index (χ2v) is 3.31. The molecular weight excluding hydrogens is 222 g/mol. The van der Waals surface area contributed by atoms with Crippen LogP contribution in [-0.4, -0.2) is 25.0 Å². The highest BCUT2D eigenvalue weighted by atomic mass is 16.5. The summed E-state index contributed by atoms with van der Waals surface area (Å²) in [5, 5.41) is 2.61. The predicted molar refractivity (Wildman–Crippen MR) is 61.4 cm³/mol. The Hall–Kier alpha value is -2.04. The van der Waals surface area contributed by atoms with Crippen LogP contribution in [0.25, 0.3) is 0 Å². The van der Waals surface area contributed by atoms with Gasteiger partial charge in [0, 0.05) is 12.1 Å². The van der Waals surface area contributed by atoms with Crippen LogP contribution in [0.2, 0.25) is 0 Å². The Morgan fingerprint density at radius 1 is 1.53 bits per heavy atom. The normalized spacial score (nSPS) is 9.71. The molecule has 0 unspecified atom stereocenters. The molecule has 1 aromatic heterocycles. The fraction of sp³-hybridized carbons (Fsp3) is 0.333. The largest absolute Gasteiger partial charge is 0.463 e. The number of carbonyl (C=O) groups excluding carboxylic acids is 2. The van der Waals surface area contributed by atoms with Crippen molar-refractivity contribution in [1.82, 2.24) is 5.32 Å². The van der Waals surface area contributed by atoms with Gasteiger partial charge in [-0.1, -0.05) is 6.58 Å². The molecule has 5 heteroatoms. The van der Waals surface area contributed by atoms with Crippen LogP contribution < -0.4 is 5.32 Å². The Morgan fingerprint density at radius 2 is 2.29 bits per heavy atom. The van der Waals surface area contributed by atoms with E-state index in [4.69, 9.17) is 9.15 Å². The number of rotatable bonds is 6. The van der Waals surface area contributed by atoms with Gasteiger partial charge in [0.25, 0.3) is 5.91 Å². The van der Waals surface area contributed by atoms with E-state index in [2.05, 4.69) is 11.9 Å². The highest BCUT2D eigenvalue weighted by Gasteiger charge is 2.10. The maximum absolute atomic E-state index is 11.4. The molecule has 0 aliphatic carbocycles. The van der Waals surface area contributed by atoms with Gasteiger partial charge >= 0.3 is 5.97 Å². The molecule has 0 radical (unpaired) electrons. The molecule has 0 bridgehead atoms. The van der Waals surface area contributed by atoms with Gasteiger partial charge in [-0.3, -0.25) is 4.79 Å². The van der Waals surface area contributed by atoms with Crippen molar-refractivity contribution in [1.29, 1.82) is 0 Å². The molecule has 0 saturated heterocycles. The summed E-state index contributed by atoms with van der Waals surface area (Å²) in [6.45, 7) is 5.94. The van der Waals surface area contributed by atoms with Gasteiger partial charge in [-0.15, -0.1) is 0 Å². The molecule has 0 aromatic carbocycles. The van der Waals surface area contributed by atoms with Gasteiger partial charge in [0.05, 0.1) is 12.9 Å². The molecule has 1 rings (SSSR count). The van der Waals surface area contributed by atoms with Crippen LogP contribution in [0.5, 0.6) is 0 Å². The lowest BCUT2D eigenvalue weighted by atomic mass is 10.2. The molecule has 5 nitrogen and oxygen atoms in total. The van der Waals surface area contributed by atoms with Gasteiger partial charge in [-0.05, 0) is 25.5 Å². The number of hydrogen-bond donors (Lipinski definition) is 1. The third-order valence-corrected chi connectivity index (χ3v) is 2.02. The van der Waals surface area contributed by atoms with E-state index in [0.717, 1.165) is 0 Å². The highest BCUT2D eigenvalue weighted by molar-refractivity contribution is 5.91. The summed E-state index contributed by atoms with van der Waals surface area (Å²) in [4.78, 5) is 22.6. The summed E-state index contributed by atoms with van der Waals surface area (Å²) < 4.78 is 9.68. The summed E-state index contributed by atoms with van der Waals surface area (Å²) in [6.07, 6.45) is 1.78. The van der Waals surface area contributed by atoms with Crippen LogP contribution in [0.3, 0.4) is 0 Å². The Bertz CT molecular complexity index is 395. The Labute approximate surface area is 99.4 Å². The Kier molecular flexibility index (Phi) is 5.00. The van der Waals surface area contributed by atoms with Crippen LogP contribution in [-0.2, 0) is 9.53 Å². The van der Waals surface area contributed by atoms with Crippen molar-refractivity contribution >= 4 is 11.9 Å². The maximum atomic E-state index is 11.4. The van der Waals surface area contributed by atoms with E-state index < -0.39 is 5.97 Å². The second-order valence-electron chi connectivity index (χ2n) is 3.31. The second kappa shape index (κ2) is 6.52. The topological polar surface area (TPSA) is 68.5 Å². The van der Waals surface area contributed by atoms with E-state index in [1.807, 2.05) is 0 Å². The molecule has 17 heavy (non-hydrogen) atoms. The van der Waals surface area contributed by atoms with Crippen LogP contribution in [0.1, 0.15) is 23.9 Å². The molecule has 0 fully saturated rings. The first-order chi connectivity index (χ1) is 8.15. The van der Waals surface area contributed by atoms with E-state index in [1.54, 1.807) is 19.1 Å². The maximum Gasteiger partial charge on any atom is 0.333 e.